The zero-order valence-electron chi connectivity index (χ0n) is 15.8. The molecular formula is C21H30N2O2. The lowest BCUT2D eigenvalue weighted by Crippen LogP contribution is -2.43. The van der Waals surface area contributed by atoms with Gasteiger partial charge >= 0.3 is 0 Å². The molecule has 0 spiro atoms. The number of aryl methyl sites for hydroxylation is 2. The van der Waals surface area contributed by atoms with Crippen LogP contribution in [0, 0.1) is 11.8 Å². The van der Waals surface area contributed by atoms with Crippen LogP contribution in [0.2, 0.25) is 0 Å². The van der Waals surface area contributed by atoms with Gasteiger partial charge in [-0.2, -0.15) is 0 Å². The number of anilines is 1. The van der Waals surface area contributed by atoms with Crippen LogP contribution in [0.25, 0.3) is 0 Å². The molecule has 0 radical (unpaired) electrons. The molecule has 2 atom stereocenters. The van der Waals surface area contributed by atoms with Crippen LogP contribution in [0.1, 0.15) is 51.2 Å². The molecule has 2 aliphatic rings. The highest BCUT2D eigenvalue weighted by Crippen LogP contribution is 2.33. The van der Waals surface area contributed by atoms with Crippen molar-refractivity contribution in [1.82, 2.24) is 4.90 Å². The summed E-state index contributed by atoms with van der Waals surface area (Å²) in [7, 11) is 0. The zero-order valence-corrected chi connectivity index (χ0v) is 15.8. The number of hydrogen-bond acceptors (Lipinski definition) is 2. The van der Waals surface area contributed by atoms with Gasteiger partial charge in [-0.05, 0) is 42.7 Å². The van der Waals surface area contributed by atoms with Crippen molar-refractivity contribution in [3.05, 3.63) is 29.3 Å². The number of carbonyl (C=O) groups is 2. The quantitative estimate of drug-likeness (QED) is 0.841. The molecule has 4 nitrogen and oxygen atoms in total. The number of piperidine rings is 1. The molecule has 0 aromatic heterocycles. The molecule has 136 valence electrons. The molecule has 2 fully saturated rings. The SMILES string of the molecule is CCc1cccc(CC)c1N1CC(C(=O)N2CCCC(C)C2)CC1=O. The van der Waals surface area contributed by atoms with Gasteiger partial charge < -0.3 is 9.80 Å². The number of nitrogens with zero attached hydrogens (tertiary/aromatic N) is 2. The van der Waals surface area contributed by atoms with Gasteiger partial charge in [0.25, 0.3) is 0 Å². The van der Waals surface area contributed by atoms with Crippen molar-refractivity contribution >= 4 is 17.5 Å². The van der Waals surface area contributed by atoms with E-state index < -0.39 is 0 Å². The summed E-state index contributed by atoms with van der Waals surface area (Å²) in [5.41, 5.74) is 3.46. The van der Waals surface area contributed by atoms with Crippen LogP contribution < -0.4 is 4.90 Å². The standard InChI is InChI=1S/C21H30N2O2/c1-4-16-9-6-10-17(5-2)20(16)23-14-18(12-19(23)24)21(25)22-11-7-8-15(3)13-22/h6,9-10,15,18H,4-5,7-8,11-14H2,1-3H3. The van der Waals surface area contributed by atoms with E-state index in [0.717, 1.165) is 38.0 Å². The van der Waals surface area contributed by atoms with Crippen LogP contribution in [-0.4, -0.2) is 36.3 Å². The largest absolute Gasteiger partial charge is 0.342 e. The fourth-order valence-corrected chi connectivity index (χ4v) is 4.30. The molecule has 2 heterocycles. The van der Waals surface area contributed by atoms with E-state index in [2.05, 4.69) is 39.0 Å². The van der Waals surface area contributed by atoms with E-state index in [1.807, 2.05) is 9.80 Å². The van der Waals surface area contributed by atoms with Crippen LogP contribution in [0.3, 0.4) is 0 Å². The Morgan fingerprint density at radius 2 is 1.84 bits per heavy atom. The Bertz CT molecular complexity index is 633. The van der Waals surface area contributed by atoms with Crippen molar-refractivity contribution in [2.45, 2.75) is 52.9 Å². The van der Waals surface area contributed by atoms with Crippen molar-refractivity contribution in [2.24, 2.45) is 11.8 Å². The Morgan fingerprint density at radius 1 is 1.16 bits per heavy atom. The maximum Gasteiger partial charge on any atom is 0.228 e. The van der Waals surface area contributed by atoms with Crippen LogP contribution in [0.15, 0.2) is 18.2 Å². The number of rotatable bonds is 4. The first-order valence-electron chi connectivity index (χ1n) is 9.75. The summed E-state index contributed by atoms with van der Waals surface area (Å²) < 4.78 is 0. The summed E-state index contributed by atoms with van der Waals surface area (Å²) in [5, 5.41) is 0. The molecule has 1 aromatic carbocycles. The maximum absolute atomic E-state index is 12.9. The molecule has 3 rings (SSSR count). The Hall–Kier alpha value is -1.84. The number of carbonyl (C=O) groups excluding carboxylic acids is 2. The van der Waals surface area contributed by atoms with Crippen molar-refractivity contribution < 1.29 is 9.59 Å². The highest BCUT2D eigenvalue weighted by Gasteiger charge is 2.39. The molecule has 0 saturated carbocycles. The van der Waals surface area contributed by atoms with Gasteiger partial charge in [-0.1, -0.05) is 39.0 Å². The molecule has 1 aromatic rings. The summed E-state index contributed by atoms with van der Waals surface area (Å²) in [6.45, 7) is 8.67. The lowest BCUT2D eigenvalue weighted by atomic mass is 9.98. The number of hydrogen-bond donors (Lipinski definition) is 0. The van der Waals surface area contributed by atoms with E-state index in [-0.39, 0.29) is 17.7 Å². The molecular weight excluding hydrogens is 312 g/mol. The van der Waals surface area contributed by atoms with Crippen LogP contribution >= 0.6 is 0 Å². The Kier molecular flexibility index (Phi) is 5.45. The highest BCUT2D eigenvalue weighted by molar-refractivity contribution is 6.01. The van der Waals surface area contributed by atoms with E-state index in [4.69, 9.17) is 0 Å². The molecule has 0 bridgehead atoms. The maximum atomic E-state index is 12.9. The van der Waals surface area contributed by atoms with Crippen molar-refractivity contribution in [1.29, 1.82) is 0 Å². The molecule has 2 aliphatic heterocycles. The number of para-hydroxylation sites is 1. The summed E-state index contributed by atoms with van der Waals surface area (Å²) in [6.07, 6.45) is 4.43. The second-order valence-electron chi connectivity index (χ2n) is 7.57. The highest BCUT2D eigenvalue weighted by atomic mass is 16.2. The van der Waals surface area contributed by atoms with Gasteiger partial charge in [0.05, 0.1) is 5.92 Å². The normalized spacial score (nSPS) is 24.0. The van der Waals surface area contributed by atoms with Gasteiger partial charge in [-0.15, -0.1) is 0 Å². The third kappa shape index (κ3) is 3.58. The molecule has 25 heavy (non-hydrogen) atoms. The van der Waals surface area contributed by atoms with Gasteiger partial charge in [-0.25, -0.2) is 0 Å². The first kappa shape index (κ1) is 18.0. The average molecular weight is 342 g/mol. The summed E-state index contributed by atoms with van der Waals surface area (Å²) in [5.74, 6) is 0.652. The van der Waals surface area contributed by atoms with Crippen LogP contribution in [0.5, 0.6) is 0 Å². The van der Waals surface area contributed by atoms with Gasteiger partial charge in [-0.3, -0.25) is 9.59 Å². The van der Waals surface area contributed by atoms with E-state index in [9.17, 15) is 9.59 Å². The molecule has 2 amide bonds. The monoisotopic (exact) mass is 342 g/mol. The van der Waals surface area contributed by atoms with Gasteiger partial charge in [0.1, 0.15) is 0 Å². The smallest absolute Gasteiger partial charge is 0.228 e. The predicted molar refractivity (Wildman–Crippen MR) is 101 cm³/mol. The molecule has 4 heteroatoms. The minimum Gasteiger partial charge on any atom is -0.342 e. The van der Waals surface area contributed by atoms with Crippen molar-refractivity contribution in [2.75, 3.05) is 24.5 Å². The Balaban J connectivity index is 1.80. The summed E-state index contributed by atoms with van der Waals surface area (Å²) in [4.78, 5) is 29.5. The molecule has 0 aliphatic carbocycles. The second kappa shape index (κ2) is 7.59. The number of benzene rings is 1. The first-order valence-corrected chi connectivity index (χ1v) is 9.75. The fourth-order valence-electron chi connectivity index (χ4n) is 4.30. The van der Waals surface area contributed by atoms with E-state index in [1.54, 1.807) is 0 Å². The van der Waals surface area contributed by atoms with E-state index >= 15 is 0 Å². The third-order valence-electron chi connectivity index (χ3n) is 5.68. The van der Waals surface area contributed by atoms with E-state index in [0.29, 0.717) is 18.9 Å². The van der Waals surface area contributed by atoms with Crippen LogP contribution in [0.4, 0.5) is 5.69 Å². The minimum absolute atomic E-state index is 0.0963. The number of amides is 2. The summed E-state index contributed by atoms with van der Waals surface area (Å²) >= 11 is 0. The summed E-state index contributed by atoms with van der Waals surface area (Å²) in [6, 6.07) is 6.27. The van der Waals surface area contributed by atoms with Gasteiger partial charge in [0.2, 0.25) is 11.8 Å². The molecule has 0 N–H and O–H groups in total. The topological polar surface area (TPSA) is 40.6 Å². The first-order chi connectivity index (χ1) is 12.0. The predicted octanol–water partition coefficient (Wildman–Crippen LogP) is 3.42. The lowest BCUT2D eigenvalue weighted by molar-refractivity contribution is -0.137. The number of likely N-dealkylation sites (tertiary alicyclic amines) is 1. The van der Waals surface area contributed by atoms with Crippen LogP contribution in [-0.2, 0) is 22.4 Å². The fraction of sp³-hybridized carbons (Fsp3) is 0.619. The molecule has 2 saturated heterocycles. The molecule has 2 unspecified atom stereocenters. The van der Waals surface area contributed by atoms with Gasteiger partial charge in [0.15, 0.2) is 0 Å². The third-order valence-corrected chi connectivity index (χ3v) is 5.68. The lowest BCUT2D eigenvalue weighted by Gasteiger charge is -2.32. The van der Waals surface area contributed by atoms with Crippen molar-refractivity contribution in [3.8, 4) is 0 Å². The minimum atomic E-state index is -0.188. The van der Waals surface area contributed by atoms with Gasteiger partial charge in [0, 0.05) is 31.7 Å². The Labute approximate surface area is 151 Å². The Morgan fingerprint density at radius 3 is 2.44 bits per heavy atom. The van der Waals surface area contributed by atoms with Crippen molar-refractivity contribution in [3.63, 3.8) is 0 Å². The zero-order chi connectivity index (χ0) is 18.0. The van der Waals surface area contributed by atoms with E-state index in [1.165, 1.54) is 17.5 Å². The average Bonchev–Trinajstić information content (AvgIpc) is 3.01. The second-order valence-corrected chi connectivity index (χ2v) is 7.57.